The molecule has 2 amide bonds. The number of amides is 2. The van der Waals surface area contributed by atoms with Gasteiger partial charge in [0.1, 0.15) is 5.69 Å². The van der Waals surface area contributed by atoms with Crippen LogP contribution in [0.25, 0.3) is 10.9 Å². The van der Waals surface area contributed by atoms with Gasteiger partial charge in [-0.05, 0) is 36.6 Å². The Bertz CT molecular complexity index is 930. The molecule has 0 bridgehead atoms. The van der Waals surface area contributed by atoms with E-state index in [4.69, 9.17) is 0 Å². The van der Waals surface area contributed by atoms with Gasteiger partial charge in [-0.3, -0.25) is 20.4 Å². The van der Waals surface area contributed by atoms with Crippen molar-refractivity contribution in [2.75, 3.05) is 18.0 Å². The van der Waals surface area contributed by atoms with Crippen LogP contribution in [0, 0.1) is 0 Å². The number of aryl methyl sites for hydroxylation is 1. The van der Waals surface area contributed by atoms with E-state index in [1.54, 1.807) is 6.07 Å². The number of anilines is 1. The zero-order valence-corrected chi connectivity index (χ0v) is 14.3. The lowest BCUT2D eigenvalue weighted by atomic mass is 10.0. The minimum Gasteiger partial charge on any atom is -0.362 e. The predicted octanol–water partition coefficient (Wildman–Crippen LogP) is 2.38. The molecule has 0 saturated carbocycles. The van der Waals surface area contributed by atoms with Crippen molar-refractivity contribution >= 4 is 28.4 Å². The van der Waals surface area contributed by atoms with Crippen LogP contribution < -0.4 is 15.8 Å². The number of aromatic amines is 1. The van der Waals surface area contributed by atoms with Gasteiger partial charge in [-0.2, -0.15) is 0 Å². The van der Waals surface area contributed by atoms with E-state index in [0.29, 0.717) is 5.69 Å². The van der Waals surface area contributed by atoms with E-state index in [1.807, 2.05) is 47.4 Å². The molecule has 0 aliphatic carbocycles. The lowest BCUT2D eigenvalue weighted by Gasteiger charge is -2.30. The van der Waals surface area contributed by atoms with Gasteiger partial charge in [-0.15, -0.1) is 0 Å². The molecule has 0 spiro atoms. The first-order valence-electron chi connectivity index (χ1n) is 8.70. The van der Waals surface area contributed by atoms with Crippen molar-refractivity contribution in [3.63, 3.8) is 0 Å². The van der Waals surface area contributed by atoms with Gasteiger partial charge in [0.15, 0.2) is 0 Å². The Labute approximate surface area is 151 Å². The fourth-order valence-electron chi connectivity index (χ4n) is 3.38. The molecular formula is C20H20N4O2. The van der Waals surface area contributed by atoms with Crippen molar-refractivity contribution in [1.29, 1.82) is 0 Å². The molecule has 1 aromatic heterocycles. The number of aromatic nitrogens is 1. The summed E-state index contributed by atoms with van der Waals surface area (Å²) in [6.45, 7) is 1.05. The summed E-state index contributed by atoms with van der Waals surface area (Å²) in [7, 11) is 0. The highest BCUT2D eigenvalue weighted by Crippen LogP contribution is 2.26. The number of hydrogen-bond donors (Lipinski definition) is 3. The van der Waals surface area contributed by atoms with Crippen LogP contribution >= 0.6 is 0 Å². The number of carbonyl (C=O) groups is 2. The van der Waals surface area contributed by atoms with E-state index in [-0.39, 0.29) is 18.4 Å². The maximum atomic E-state index is 12.3. The summed E-state index contributed by atoms with van der Waals surface area (Å²) in [4.78, 5) is 29.6. The molecule has 0 atom stereocenters. The second-order valence-corrected chi connectivity index (χ2v) is 6.43. The van der Waals surface area contributed by atoms with Crippen LogP contribution in [-0.2, 0) is 11.2 Å². The summed E-state index contributed by atoms with van der Waals surface area (Å²) >= 11 is 0. The number of carbonyl (C=O) groups excluding carboxylic acids is 2. The molecule has 132 valence electrons. The quantitative estimate of drug-likeness (QED) is 0.636. The second-order valence-electron chi connectivity index (χ2n) is 6.43. The lowest BCUT2D eigenvalue weighted by molar-refractivity contribution is -0.120. The highest BCUT2D eigenvalue weighted by Gasteiger charge is 2.19. The Morgan fingerprint density at radius 1 is 1.04 bits per heavy atom. The first-order chi connectivity index (χ1) is 12.7. The summed E-state index contributed by atoms with van der Waals surface area (Å²) in [6, 6.07) is 17.5. The molecule has 4 rings (SSSR count). The molecule has 2 heterocycles. The number of benzene rings is 2. The fourth-order valence-corrected chi connectivity index (χ4v) is 3.38. The Morgan fingerprint density at radius 2 is 1.85 bits per heavy atom. The number of para-hydroxylation sites is 2. The van der Waals surface area contributed by atoms with E-state index in [2.05, 4.69) is 21.9 Å². The maximum absolute atomic E-state index is 12.3. The number of rotatable bonds is 3. The zero-order chi connectivity index (χ0) is 17.9. The van der Waals surface area contributed by atoms with Gasteiger partial charge in [-0.25, -0.2) is 0 Å². The number of hydrazine groups is 1. The van der Waals surface area contributed by atoms with Gasteiger partial charge in [0, 0.05) is 23.1 Å². The summed E-state index contributed by atoms with van der Waals surface area (Å²) < 4.78 is 0. The molecule has 0 unspecified atom stereocenters. The molecule has 0 radical (unpaired) electrons. The molecule has 6 nitrogen and oxygen atoms in total. The van der Waals surface area contributed by atoms with Crippen LogP contribution in [0.3, 0.4) is 0 Å². The van der Waals surface area contributed by atoms with Gasteiger partial charge in [0.25, 0.3) is 11.8 Å². The largest absolute Gasteiger partial charge is 0.362 e. The SMILES string of the molecule is O=C(CN1CCCc2ccccc21)NNC(=O)c1cc2ccccc2[nH]1. The number of H-pyrrole nitrogens is 1. The third kappa shape index (κ3) is 3.26. The topological polar surface area (TPSA) is 77.2 Å². The Kier molecular flexibility index (Phi) is 4.31. The highest BCUT2D eigenvalue weighted by molar-refractivity contribution is 5.98. The lowest BCUT2D eigenvalue weighted by Crippen LogP contribution is -2.47. The number of fused-ring (bicyclic) bond motifs is 2. The standard InChI is InChI=1S/C20H20N4O2/c25-19(13-24-11-5-8-14-6-2-4-10-18(14)24)22-23-20(26)17-12-15-7-1-3-9-16(15)21-17/h1-4,6-7,9-10,12,21H,5,8,11,13H2,(H,22,25)(H,23,26). The van der Waals surface area contributed by atoms with E-state index in [0.717, 1.165) is 36.0 Å². The number of nitrogens with zero attached hydrogens (tertiary/aromatic N) is 1. The first kappa shape index (κ1) is 16.2. The van der Waals surface area contributed by atoms with Crippen molar-refractivity contribution in [2.45, 2.75) is 12.8 Å². The number of nitrogens with one attached hydrogen (secondary N) is 3. The van der Waals surface area contributed by atoms with E-state index < -0.39 is 0 Å². The van der Waals surface area contributed by atoms with Gasteiger partial charge in [0.2, 0.25) is 0 Å². The van der Waals surface area contributed by atoms with Gasteiger partial charge >= 0.3 is 0 Å². The normalized spacial score (nSPS) is 13.3. The van der Waals surface area contributed by atoms with Crippen molar-refractivity contribution in [1.82, 2.24) is 15.8 Å². The third-order valence-electron chi connectivity index (χ3n) is 4.63. The van der Waals surface area contributed by atoms with Crippen LogP contribution in [0.1, 0.15) is 22.5 Å². The third-order valence-corrected chi connectivity index (χ3v) is 4.63. The molecule has 6 heteroatoms. The highest BCUT2D eigenvalue weighted by atomic mass is 16.2. The number of hydrogen-bond acceptors (Lipinski definition) is 3. The zero-order valence-electron chi connectivity index (χ0n) is 14.3. The Hall–Kier alpha value is -3.28. The van der Waals surface area contributed by atoms with Crippen LogP contribution in [0.5, 0.6) is 0 Å². The van der Waals surface area contributed by atoms with Crippen molar-refractivity contribution in [2.24, 2.45) is 0 Å². The van der Waals surface area contributed by atoms with Crippen LogP contribution in [-0.4, -0.2) is 29.9 Å². The van der Waals surface area contributed by atoms with E-state index in [1.165, 1.54) is 5.56 Å². The molecule has 3 N–H and O–H groups in total. The smallest absolute Gasteiger partial charge is 0.286 e. The van der Waals surface area contributed by atoms with Gasteiger partial charge < -0.3 is 9.88 Å². The Balaban J connectivity index is 1.36. The molecule has 0 fully saturated rings. The molecule has 0 saturated heterocycles. The predicted molar refractivity (Wildman–Crippen MR) is 101 cm³/mol. The van der Waals surface area contributed by atoms with E-state index >= 15 is 0 Å². The first-order valence-corrected chi connectivity index (χ1v) is 8.70. The van der Waals surface area contributed by atoms with Crippen LogP contribution in [0.4, 0.5) is 5.69 Å². The second kappa shape index (κ2) is 6.92. The summed E-state index contributed by atoms with van der Waals surface area (Å²) in [5.74, 6) is -0.611. The van der Waals surface area contributed by atoms with Crippen molar-refractivity contribution < 1.29 is 9.59 Å². The van der Waals surface area contributed by atoms with Gasteiger partial charge in [0.05, 0.1) is 6.54 Å². The molecule has 3 aromatic rings. The van der Waals surface area contributed by atoms with Crippen molar-refractivity contribution in [3.05, 3.63) is 65.9 Å². The van der Waals surface area contributed by atoms with Gasteiger partial charge in [-0.1, -0.05) is 36.4 Å². The maximum Gasteiger partial charge on any atom is 0.286 e. The summed E-state index contributed by atoms with van der Waals surface area (Å²) in [5.41, 5.74) is 8.63. The minimum absolute atomic E-state index is 0.212. The monoisotopic (exact) mass is 348 g/mol. The minimum atomic E-state index is -0.367. The molecular weight excluding hydrogens is 328 g/mol. The molecule has 1 aliphatic rings. The fraction of sp³-hybridized carbons (Fsp3) is 0.200. The van der Waals surface area contributed by atoms with Crippen LogP contribution in [0.15, 0.2) is 54.6 Å². The van der Waals surface area contributed by atoms with Crippen LogP contribution in [0.2, 0.25) is 0 Å². The molecule has 1 aliphatic heterocycles. The summed E-state index contributed by atoms with van der Waals surface area (Å²) in [5, 5.41) is 0.953. The molecule has 26 heavy (non-hydrogen) atoms. The average molecular weight is 348 g/mol. The average Bonchev–Trinajstić information content (AvgIpc) is 3.11. The van der Waals surface area contributed by atoms with Crippen molar-refractivity contribution in [3.8, 4) is 0 Å². The molecule has 2 aromatic carbocycles. The van der Waals surface area contributed by atoms with E-state index in [9.17, 15) is 9.59 Å². The Morgan fingerprint density at radius 3 is 2.73 bits per heavy atom. The summed E-state index contributed by atoms with van der Waals surface area (Å²) in [6.07, 6.45) is 2.05.